The number of rotatable bonds is 5. The third-order valence-corrected chi connectivity index (χ3v) is 2.62. The van der Waals surface area contributed by atoms with Crippen molar-refractivity contribution in [2.75, 3.05) is 5.32 Å². The summed E-state index contributed by atoms with van der Waals surface area (Å²) in [6.45, 7) is 7.37. The topological polar surface area (TPSA) is 77.2 Å². The minimum Gasteiger partial charge on any atom is -0.473 e. The largest absolute Gasteiger partial charge is 0.473 e. The number of nitrogens with two attached hydrogens (primary N) is 1. The molecule has 0 spiro atoms. The van der Waals surface area contributed by atoms with Crippen molar-refractivity contribution in [2.24, 2.45) is 5.73 Å². The molecule has 0 saturated carbocycles. The van der Waals surface area contributed by atoms with Gasteiger partial charge in [0.2, 0.25) is 11.8 Å². The fourth-order valence-electron chi connectivity index (χ4n) is 1.23. The maximum absolute atomic E-state index is 12.0. The van der Waals surface area contributed by atoms with Gasteiger partial charge < -0.3 is 15.8 Å². The molecule has 1 aromatic heterocycles. The van der Waals surface area contributed by atoms with Crippen LogP contribution in [0.1, 0.15) is 34.1 Å². The second-order valence-electron chi connectivity index (χ2n) is 4.75. The fourth-order valence-corrected chi connectivity index (χ4v) is 1.23. The first kappa shape index (κ1) is 14.4. The summed E-state index contributed by atoms with van der Waals surface area (Å²) >= 11 is 0. The zero-order chi connectivity index (χ0) is 13.8. The van der Waals surface area contributed by atoms with E-state index in [-0.39, 0.29) is 12.0 Å². The summed E-state index contributed by atoms with van der Waals surface area (Å²) in [5, 5.41) is 2.76. The van der Waals surface area contributed by atoms with E-state index < -0.39 is 5.54 Å². The summed E-state index contributed by atoms with van der Waals surface area (Å²) < 4.78 is 5.53. The van der Waals surface area contributed by atoms with Crippen molar-refractivity contribution in [1.82, 2.24) is 4.98 Å². The molecule has 0 saturated heterocycles. The number of nitrogens with zero attached hydrogens (tertiary/aromatic N) is 1. The van der Waals surface area contributed by atoms with E-state index in [1.807, 2.05) is 20.8 Å². The van der Waals surface area contributed by atoms with Crippen LogP contribution in [0.4, 0.5) is 5.69 Å². The number of hydrogen-bond donors (Lipinski definition) is 2. The highest BCUT2D eigenvalue weighted by Crippen LogP contribution is 2.23. The number of hydrogen-bond acceptors (Lipinski definition) is 4. The van der Waals surface area contributed by atoms with Gasteiger partial charge in [0, 0.05) is 6.20 Å². The number of carbonyl (C=O) groups is 1. The van der Waals surface area contributed by atoms with Gasteiger partial charge in [0.25, 0.3) is 0 Å². The third kappa shape index (κ3) is 3.70. The number of amides is 1. The number of carbonyl (C=O) groups excluding carboxylic acids is 1. The van der Waals surface area contributed by atoms with Crippen LogP contribution >= 0.6 is 0 Å². The van der Waals surface area contributed by atoms with Crippen molar-refractivity contribution >= 4 is 11.6 Å². The van der Waals surface area contributed by atoms with E-state index in [9.17, 15) is 4.79 Å². The van der Waals surface area contributed by atoms with Gasteiger partial charge in [-0.1, -0.05) is 6.92 Å². The molecular formula is C13H21N3O2. The van der Waals surface area contributed by atoms with Crippen molar-refractivity contribution in [3.05, 3.63) is 18.3 Å². The maximum Gasteiger partial charge on any atom is 0.244 e. The van der Waals surface area contributed by atoms with Crippen LogP contribution < -0.4 is 15.8 Å². The average Bonchev–Trinajstić information content (AvgIpc) is 2.31. The smallest absolute Gasteiger partial charge is 0.244 e. The SMILES string of the molecule is CCC(C)(N)C(=O)Nc1cccnc1OC(C)C. The second kappa shape index (κ2) is 5.82. The summed E-state index contributed by atoms with van der Waals surface area (Å²) in [6, 6.07) is 3.48. The van der Waals surface area contributed by atoms with E-state index in [4.69, 9.17) is 10.5 Å². The normalized spacial score (nSPS) is 14.1. The van der Waals surface area contributed by atoms with Gasteiger partial charge in [-0.15, -0.1) is 0 Å². The molecule has 5 nitrogen and oxygen atoms in total. The first-order valence-corrected chi connectivity index (χ1v) is 6.09. The molecule has 100 valence electrons. The van der Waals surface area contributed by atoms with Crippen molar-refractivity contribution < 1.29 is 9.53 Å². The van der Waals surface area contributed by atoms with Gasteiger partial charge in [-0.2, -0.15) is 0 Å². The lowest BCUT2D eigenvalue weighted by Crippen LogP contribution is -2.47. The Balaban J connectivity index is 2.87. The average molecular weight is 251 g/mol. The van der Waals surface area contributed by atoms with Crippen molar-refractivity contribution in [1.29, 1.82) is 0 Å². The molecule has 0 aliphatic heterocycles. The molecule has 0 aromatic carbocycles. The molecule has 1 unspecified atom stereocenters. The van der Waals surface area contributed by atoms with Crippen LogP contribution in [0.25, 0.3) is 0 Å². The van der Waals surface area contributed by atoms with Crippen LogP contribution in [-0.2, 0) is 4.79 Å². The fraction of sp³-hybridized carbons (Fsp3) is 0.538. The van der Waals surface area contributed by atoms with E-state index in [2.05, 4.69) is 10.3 Å². The van der Waals surface area contributed by atoms with Crippen molar-refractivity contribution in [2.45, 2.75) is 45.8 Å². The molecule has 0 aliphatic rings. The van der Waals surface area contributed by atoms with E-state index in [1.54, 1.807) is 25.3 Å². The summed E-state index contributed by atoms with van der Waals surface area (Å²) in [5.74, 6) is 0.166. The molecule has 1 amide bonds. The zero-order valence-electron chi connectivity index (χ0n) is 11.4. The van der Waals surface area contributed by atoms with Crippen LogP contribution in [-0.4, -0.2) is 22.5 Å². The van der Waals surface area contributed by atoms with Gasteiger partial charge >= 0.3 is 0 Å². The third-order valence-electron chi connectivity index (χ3n) is 2.62. The zero-order valence-corrected chi connectivity index (χ0v) is 11.4. The van der Waals surface area contributed by atoms with Crippen molar-refractivity contribution in [3.8, 4) is 5.88 Å². The Morgan fingerprint density at radius 1 is 1.61 bits per heavy atom. The van der Waals surface area contributed by atoms with Crippen LogP contribution in [0.15, 0.2) is 18.3 Å². The first-order valence-electron chi connectivity index (χ1n) is 6.09. The van der Waals surface area contributed by atoms with Crippen LogP contribution in [0.2, 0.25) is 0 Å². The Morgan fingerprint density at radius 3 is 2.83 bits per heavy atom. The number of aromatic nitrogens is 1. The highest BCUT2D eigenvalue weighted by Gasteiger charge is 2.26. The van der Waals surface area contributed by atoms with Gasteiger partial charge in [0.15, 0.2) is 0 Å². The quantitative estimate of drug-likeness (QED) is 0.838. The number of nitrogens with one attached hydrogen (secondary N) is 1. The molecule has 0 aliphatic carbocycles. The summed E-state index contributed by atoms with van der Waals surface area (Å²) in [6.07, 6.45) is 2.17. The Hall–Kier alpha value is -1.62. The lowest BCUT2D eigenvalue weighted by atomic mass is 9.99. The summed E-state index contributed by atoms with van der Waals surface area (Å²) in [5.41, 5.74) is 5.53. The number of anilines is 1. The van der Waals surface area contributed by atoms with Gasteiger partial charge in [0.1, 0.15) is 5.69 Å². The van der Waals surface area contributed by atoms with Gasteiger partial charge in [-0.25, -0.2) is 4.98 Å². The Labute approximate surface area is 108 Å². The van der Waals surface area contributed by atoms with E-state index in [1.165, 1.54) is 0 Å². The lowest BCUT2D eigenvalue weighted by molar-refractivity contribution is -0.120. The molecule has 5 heteroatoms. The Morgan fingerprint density at radius 2 is 2.28 bits per heavy atom. The predicted molar refractivity (Wildman–Crippen MR) is 71.5 cm³/mol. The monoisotopic (exact) mass is 251 g/mol. The van der Waals surface area contributed by atoms with E-state index in [0.717, 1.165) is 0 Å². The lowest BCUT2D eigenvalue weighted by Gasteiger charge is -2.22. The standard InChI is InChI=1S/C13H21N3O2/c1-5-13(4,14)12(17)16-10-7-6-8-15-11(10)18-9(2)3/h6-9H,5,14H2,1-4H3,(H,16,17). The van der Waals surface area contributed by atoms with Crippen LogP contribution in [0.5, 0.6) is 5.88 Å². The molecular weight excluding hydrogens is 230 g/mol. The van der Waals surface area contributed by atoms with Crippen molar-refractivity contribution in [3.63, 3.8) is 0 Å². The summed E-state index contributed by atoms with van der Waals surface area (Å²) in [7, 11) is 0. The second-order valence-corrected chi connectivity index (χ2v) is 4.75. The Kier molecular flexibility index (Phi) is 4.67. The highest BCUT2D eigenvalue weighted by atomic mass is 16.5. The van der Waals surface area contributed by atoms with E-state index >= 15 is 0 Å². The van der Waals surface area contributed by atoms with E-state index in [0.29, 0.717) is 18.0 Å². The van der Waals surface area contributed by atoms with Crippen LogP contribution in [0, 0.1) is 0 Å². The van der Waals surface area contributed by atoms with Crippen LogP contribution in [0.3, 0.4) is 0 Å². The molecule has 0 radical (unpaired) electrons. The van der Waals surface area contributed by atoms with Gasteiger partial charge in [-0.3, -0.25) is 4.79 Å². The highest BCUT2D eigenvalue weighted by molar-refractivity contribution is 5.98. The van der Waals surface area contributed by atoms with Gasteiger partial charge in [-0.05, 0) is 39.3 Å². The molecule has 1 atom stereocenters. The summed E-state index contributed by atoms with van der Waals surface area (Å²) in [4.78, 5) is 16.1. The molecule has 0 fully saturated rings. The molecule has 1 aromatic rings. The molecule has 18 heavy (non-hydrogen) atoms. The number of pyridine rings is 1. The minimum atomic E-state index is -0.898. The van der Waals surface area contributed by atoms with Gasteiger partial charge in [0.05, 0.1) is 11.6 Å². The maximum atomic E-state index is 12.0. The molecule has 0 bridgehead atoms. The molecule has 1 heterocycles. The first-order chi connectivity index (χ1) is 8.36. The minimum absolute atomic E-state index is 0.00835. The predicted octanol–water partition coefficient (Wildman–Crippen LogP) is 1.93. The number of ether oxygens (including phenoxy) is 1. The Bertz CT molecular complexity index is 416. The molecule has 3 N–H and O–H groups in total. The molecule has 1 rings (SSSR count).